The van der Waals surface area contributed by atoms with E-state index in [1.165, 1.54) is 12.1 Å². The molecule has 3 heterocycles. The molecule has 4 aromatic carbocycles. The van der Waals surface area contributed by atoms with Crippen LogP contribution in [0.25, 0.3) is 11.1 Å². The Labute approximate surface area is 202 Å². The Morgan fingerprint density at radius 2 is 1.69 bits per heavy atom. The van der Waals surface area contributed by atoms with Crippen molar-refractivity contribution in [1.29, 1.82) is 0 Å². The predicted molar refractivity (Wildman–Crippen MR) is 131 cm³/mol. The smallest absolute Gasteiger partial charge is 0.246 e. The molecule has 0 fully saturated rings. The molecule has 1 unspecified atom stereocenters. The zero-order chi connectivity index (χ0) is 23.6. The van der Waals surface area contributed by atoms with Crippen molar-refractivity contribution in [2.45, 2.75) is 18.4 Å². The number of rotatable bonds is 3. The van der Waals surface area contributed by atoms with Crippen LogP contribution in [0, 0.1) is 5.82 Å². The Kier molecular flexibility index (Phi) is 4.31. The van der Waals surface area contributed by atoms with Gasteiger partial charge in [-0.2, -0.15) is 0 Å². The molecule has 1 atom stereocenters. The number of carbonyl (C=O) groups excluding carboxylic acids is 1. The van der Waals surface area contributed by atoms with Gasteiger partial charge in [0, 0.05) is 18.1 Å². The summed E-state index contributed by atoms with van der Waals surface area (Å²) in [7, 11) is 0. The summed E-state index contributed by atoms with van der Waals surface area (Å²) in [6.07, 6.45) is 0.803. The summed E-state index contributed by atoms with van der Waals surface area (Å²) >= 11 is 0. The molecule has 3 aliphatic rings. The number of halogens is 1. The molecule has 5 heteroatoms. The van der Waals surface area contributed by atoms with Crippen molar-refractivity contribution >= 4 is 11.6 Å². The molecular formula is C30H22FNO3. The van der Waals surface area contributed by atoms with Gasteiger partial charge in [-0.05, 0) is 46.0 Å². The Morgan fingerprint density at radius 3 is 2.57 bits per heavy atom. The number of amides is 1. The largest absolute Gasteiger partial charge is 0.493 e. The lowest BCUT2D eigenvalue weighted by molar-refractivity contribution is -0.122. The van der Waals surface area contributed by atoms with Crippen LogP contribution < -0.4 is 14.4 Å². The van der Waals surface area contributed by atoms with Gasteiger partial charge in [-0.1, -0.05) is 60.7 Å². The second kappa shape index (κ2) is 7.44. The molecule has 35 heavy (non-hydrogen) atoms. The SMILES string of the molecule is O=C1N(Cc2ccccc2-c2ccccc2)c2cc(F)ccc2C12COc1cc3c(cc12)CCO3. The fourth-order valence-electron chi connectivity index (χ4n) is 5.75. The highest BCUT2D eigenvalue weighted by Gasteiger charge is 2.57. The zero-order valence-corrected chi connectivity index (χ0v) is 19.0. The minimum absolute atomic E-state index is 0.0846. The van der Waals surface area contributed by atoms with Crippen molar-refractivity contribution in [2.75, 3.05) is 18.1 Å². The van der Waals surface area contributed by atoms with E-state index >= 15 is 0 Å². The summed E-state index contributed by atoms with van der Waals surface area (Å²) in [5.74, 6) is 1.04. The molecule has 3 aliphatic heterocycles. The number of fused-ring (bicyclic) bond motifs is 5. The maximum Gasteiger partial charge on any atom is 0.246 e. The van der Waals surface area contributed by atoms with Crippen molar-refractivity contribution in [3.8, 4) is 22.6 Å². The van der Waals surface area contributed by atoms with E-state index in [-0.39, 0.29) is 18.3 Å². The van der Waals surface area contributed by atoms with Crippen molar-refractivity contribution in [3.05, 3.63) is 113 Å². The van der Waals surface area contributed by atoms with E-state index in [9.17, 15) is 9.18 Å². The Bertz CT molecular complexity index is 1500. The van der Waals surface area contributed by atoms with Gasteiger partial charge in [0.2, 0.25) is 5.91 Å². The average molecular weight is 464 g/mol. The van der Waals surface area contributed by atoms with Gasteiger partial charge in [-0.3, -0.25) is 4.79 Å². The molecule has 0 aliphatic carbocycles. The van der Waals surface area contributed by atoms with E-state index in [0.717, 1.165) is 45.6 Å². The molecule has 4 aromatic rings. The number of hydrogen-bond donors (Lipinski definition) is 0. The molecule has 0 aromatic heterocycles. The van der Waals surface area contributed by atoms with Crippen LogP contribution in [-0.4, -0.2) is 19.1 Å². The van der Waals surface area contributed by atoms with E-state index in [1.54, 1.807) is 11.0 Å². The van der Waals surface area contributed by atoms with Crippen molar-refractivity contribution < 1.29 is 18.7 Å². The number of ether oxygens (including phenoxy) is 2. The van der Waals surface area contributed by atoms with Crippen molar-refractivity contribution in [2.24, 2.45) is 0 Å². The third-order valence-corrected chi connectivity index (χ3v) is 7.45. The van der Waals surface area contributed by atoms with Crippen molar-refractivity contribution in [3.63, 3.8) is 0 Å². The van der Waals surface area contributed by atoms with E-state index in [1.807, 2.05) is 42.5 Å². The van der Waals surface area contributed by atoms with Crippen LogP contribution in [0.4, 0.5) is 10.1 Å². The summed E-state index contributed by atoms with van der Waals surface area (Å²) in [5.41, 5.74) is 5.46. The molecule has 0 saturated carbocycles. The lowest BCUT2D eigenvalue weighted by Crippen LogP contribution is -2.42. The van der Waals surface area contributed by atoms with Crippen molar-refractivity contribution in [1.82, 2.24) is 0 Å². The maximum absolute atomic E-state index is 14.5. The zero-order valence-electron chi connectivity index (χ0n) is 19.0. The van der Waals surface area contributed by atoms with Gasteiger partial charge < -0.3 is 14.4 Å². The highest BCUT2D eigenvalue weighted by atomic mass is 19.1. The monoisotopic (exact) mass is 463 g/mol. The number of hydrogen-bond acceptors (Lipinski definition) is 3. The first kappa shape index (κ1) is 20.3. The van der Waals surface area contributed by atoms with Crippen LogP contribution in [-0.2, 0) is 23.2 Å². The highest BCUT2D eigenvalue weighted by Crippen LogP contribution is 2.54. The van der Waals surface area contributed by atoms with Crippen LogP contribution in [0.3, 0.4) is 0 Å². The second-order valence-corrected chi connectivity index (χ2v) is 9.32. The first-order valence-corrected chi connectivity index (χ1v) is 11.8. The molecule has 0 saturated heterocycles. The Hall–Kier alpha value is -4.12. The number of carbonyl (C=O) groups is 1. The normalized spacial score (nSPS) is 19.3. The lowest BCUT2D eigenvalue weighted by Gasteiger charge is -2.24. The molecule has 172 valence electrons. The number of anilines is 1. The second-order valence-electron chi connectivity index (χ2n) is 9.32. The van der Waals surface area contributed by atoms with Gasteiger partial charge in [0.25, 0.3) is 0 Å². The van der Waals surface area contributed by atoms with Gasteiger partial charge in [0.05, 0.1) is 18.8 Å². The maximum atomic E-state index is 14.5. The van der Waals surface area contributed by atoms with Gasteiger partial charge in [0.15, 0.2) is 0 Å². The summed E-state index contributed by atoms with van der Waals surface area (Å²) in [6, 6.07) is 26.8. The highest BCUT2D eigenvalue weighted by molar-refractivity contribution is 6.11. The van der Waals surface area contributed by atoms with Crippen LogP contribution in [0.5, 0.6) is 11.5 Å². The minimum Gasteiger partial charge on any atom is -0.493 e. The molecule has 0 bridgehead atoms. The third kappa shape index (κ3) is 2.88. The molecule has 1 amide bonds. The summed E-state index contributed by atoms with van der Waals surface area (Å²) in [4.78, 5) is 16.0. The third-order valence-electron chi connectivity index (χ3n) is 7.45. The van der Waals surface area contributed by atoms with Crippen LogP contribution in [0.2, 0.25) is 0 Å². The molecule has 0 N–H and O–H groups in total. The molecule has 4 nitrogen and oxygen atoms in total. The fraction of sp³-hybridized carbons (Fsp3) is 0.167. The standard InChI is InChI=1S/C30H22FNO3/c31-22-10-11-24-26(15-22)32(17-21-8-4-5-9-23(21)19-6-2-1-3-7-19)29(33)30(24)18-35-28-16-27-20(12-13-34-27)14-25(28)30/h1-11,14-16H,12-13,17-18H2. The van der Waals surface area contributed by atoms with Gasteiger partial charge in [-0.15, -0.1) is 0 Å². The van der Waals surface area contributed by atoms with Crippen LogP contribution in [0.15, 0.2) is 84.9 Å². The van der Waals surface area contributed by atoms with Gasteiger partial charge in [0.1, 0.15) is 29.3 Å². The van der Waals surface area contributed by atoms with E-state index in [0.29, 0.717) is 24.6 Å². The first-order valence-electron chi connectivity index (χ1n) is 11.8. The average Bonchev–Trinajstić information content (AvgIpc) is 3.56. The topological polar surface area (TPSA) is 38.8 Å². The summed E-state index contributed by atoms with van der Waals surface area (Å²) < 4.78 is 26.3. The van der Waals surface area contributed by atoms with E-state index in [2.05, 4.69) is 24.3 Å². The molecule has 7 rings (SSSR count). The first-order chi connectivity index (χ1) is 17.1. The van der Waals surface area contributed by atoms with E-state index in [4.69, 9.17) is 9.47 Å². The number of benzene rings is 4. The Morgan fingerprint density at radius 1 is 0.857 bits per heavy atom. The minimum atomic E-state index is -0.988. The summed E-state index contributed by atoms with van der Waals surface area (Å²) in [5, 5.41) is 0. The lowest BCUT2D eigenvalue weighted by atomic mass is 9.76. The molecular weight excluding hydrogens is 441 g/mol. The molecule has 0 radical (unpaired) electrons. The number of nitrogens with zero attached hydrogens (tertiary/aromatic N) is 1. The fourth-order valence-corrected chi connectivity index (χ4v) is 5.75. The van der Waals surface area contributed by atoms with Gasteiger partial charge in [-0.25, -0.2) is 4.39 Å². The Balaban J connectivity index is 1.37. The van der Waals surface area contributed by atoms with E-state index < -0.39 is 5.41 Å². The quantitative estimate of drug-likeness (QED) is 0.394. The van der Waals surface area contributed by atoms with Crippen LogP contribution >= 0.6 is 0 Å². The van der Waals surface area contributed by atoms with Gasteiger partial charge >= 0.3 is 0 Å². The van der Waals surface area contributed by atoms with Crippen LogP contribution in [0.1, 0.15) is 22.3 Å². The summed E-state index contributed by atoms with van der Waals surface area (Å²) in [6.45, 7) is 1.16. The predicted octanol–water partition coefficient (Wildman–Crippen LogP) is 5.65. The molecule has 1 spiro atoms.